The monoisotopic (exact) mass is 1580 g/mol. The summed E-state index contributed by atoms with van der Waals surface area (Å²) in [7, 11) is 0. The Morgan fingerprint density at radius 3 is 0.965 bits per heavy atom. The van der Waals surface area contributed by atoms with E-state index in [1.165, 1.54) is 451 Å². The van der Waals surface area contributed by atoms with Gasteiger partial charge in [-0.05, 0) is 156 Å². The van der Waals surface area contributed by atoms with Crippen LogP contribution in [0.2, 0.25) is 0 Å². The third-order valence-electron chi connectivity index (χ3n) is 27.2. The van der Waals surface area contributed by atoms with Gasteiger partial charge in [0.1, 0.15) is 11.0 Å². The number of unbranched alkanes of at least 4 members (excludes halogenated alkanes) is 46. The maximum absolute atomic E-state index is 6.28. The van der Waals surface area contributed by atoms with Gasteiger partial charge >= 0.3 is 0 Å². The van der Waals surface area contributed by atoms with Gasteiger partial charge in [-0.2, -0.15) is 0 Å². The van der Waals surface area contributed by atoms with Gasteiger partial charge in [-0.1, -0.05) is 435 Å². The number of fused-ring (bicyclic) bond motifs is 10. The molecule has 4 heterocycles. The minimum atomic E-state index is -0.0528. The molecule has 5 aromatic carbocycles. The molecule has 9 aromatic rings. The second kappa shape index (κ2) is 48.2. The standard InChI is InChI=1S/C108H156N2S3/c1-9-15-21-25-29-31-33-35-37-39-41-43-45-47-49-51-55-63-77-108(78-64-56-52-50-48-46-44-42-40-38-36-34-32-30-26-22-16-10-2)96-70-62-60-68-90(96)92-73-71-85(80-98(92)108)101-102(86-72-74-91-89-67-59-61-69-95(89)107(75-19-13-5,76-20-14-6)97(91)81-86)110-103-100(109-101)84(8)112-106(103)99-82-94-88(66-58-54-28-24-18-12-4)87(65-57-53-27-23-17-11-3)93-79-83(7)111-104(93)105(94)113-99/h59-62,67-74,79-82H,9-58,63-66,75-78H2,1-8H3. The van der Waals surface area contributed by atoms with Crippen LogP contribution in [0.1, 0.15) is 444 Å². The summed E-state index contributed by atoms with van der Waals surface area (Å²) in [5.74, 6) is 0. The first kappa shape index (κ1) is 88.9. The number of rotatable bonds is 61. The highest BCUT2D eigenvalue weighted by Gasteiger charge is 2.44. The van der Waals surface area contributed by atoms with Crippen molar-refractivity contribution < 1.29 is 0 Å². The van der Waals surface area contributed by atoms with E-state index in [0.29, 0.717) is 0 Å². The first-order valence-electron chi connectivity index (χ1n) is 48.5. The van der Waals surface area contributed by atoms with Gasteiger partial charge in [-0.3, -0.25) is 0 Å². The number of nitrogens with zero attached hydrogens (tertiary/aromatic N) is 2. The SMILES string of the molecule is CCCCCCCCCCCCCCCCCCCCC1(CCCCCCCCCCCCCCCCCCCC)c2ccccc2-c2ccc(-c3nc4c(C)sc(-c5cc6c(CCCCCCCC)c(CCCCCCCC)c7cc(C)sc7c6s5)c4nc3-c3ccc4c(c3)C(CCCC)(CCCC)c3ccccc3-4)cc21. The predicted octanol–water partition coefficient (Wildman–Crippen LogP) is 37.3. The van der Waals surface area contributed by atoms with Gasteiger partial charge in [-0.25, -0.2) is 9.97 Å². The van der Waals surface area contributed by atoms with Gasteiger partial charge in [0.15, 0.2) is 0 Å². The largest absolute Gasteiger partial charge is 0.243 e. The number of aromatic nitrogens is 2. The molecule has 0 fully saturated rings. The molecular formula is C108H156N2S3. The van der Waals surface area contributed by atoms with E-state index in [0.717, 1.165) is 22.4 Å². The number of hydrogen-bond donors (Lipinski definition) is 0. The zero-order valence-corrected chi connectivity index (χ0v) is 75.8. The third-order valence-corrected chi connectivity index (χ3v) is 30.8. The van der Waals surface area contributed by atoms with Gasteiger partial charge in [0.2, 0.25) is 0 Å². The summed E-state index contributed by atoms with van der Waals surface area (Å²) in [5.41, 5.74) is 21.9. The van der Waals surface area contributed by atoms with Crippen molar-refractivity contribution in [3.8, 4) is 54.5 Å². The molecule has 2 aliphatic rings. The van der Waals surface area contributed by atoms with Crippen molar-refractivity contribution in [2.45, 2.75) is 439 Å². The van der Waals surface area contributed by atoms with E-state index in [1.807, 2.05) is 22.7 Å². The highest BCUT2D eigenvalue weighted by molar-refractivity contribution is 7.31. The number of benzene rings is 5. The number of hydrogen-bond acceptors (Lipinski definition) is 5. The first-order chi connectivity index (χ1) is 55.7. The summed E-state index contributed by atoms with van der Waals surface area (Å²) < 4.78 is 3.01. The molecule has 4 aromatic heterocycles. The first-order valence-corrected chi connectivity index (χ1v) is 51.0. The summed E-state index contributed by atoms with van der Waals surface area (Å²) in [5, 5.41) is 3.06. The zero-order valence-electron chi connectivity index (χ0n) is 73.4. The average Bonchev–Trinajstić information content (AvgIpc) is 1.58. The lowest BCUT2D eigenvalue weighted by Gasteiger charge is -2.33. The lowest BCUT2D eigenvalue weighted by atomic mass is 9.70. The van der Waals surface area contributed by atoms with Crippen LogP contribution < -0.4 is 0 Å². The van der Waals surface area contributed by atoms with E-state index >= 15 is 0 Å². The number of thiophene rings is 3. The third kappa shape index (κ3) is 23.7. The lowest BCUT2D eigenvalue weighted by Crippen LogP contribution is -2.25. The fourth-order valence-corrected chi connectivity index (χ4v) is 24.2. The Hall–Kier alpha value is -4.94. The second-order valence-corrected chi connectivity index (χ2v) is 39.6. The van der Waals surface area contributed by atoms with Gasteiger partial charge in [0.05, 0.1) is 25.7 Å². The topological polar surface area (TPSA) is 25.8 Å². The predicted molar refractivity (Wildman–Crippen MR) is 506 cm³/mol. The van der Waals surface area contributed by atoms with Crippen LogP contribution >= 0.6 is 34.0 Å². The Morgan fingerprint density at radius 1 is 0.274 bits per heavy atom. The summed E-state index contributed by atoms with van der Waals surface area (Å²) >= 11 is 6.05. The highest BCUT2D eigenvalue weighted by atomic mass is 32.1. The van der Waals surface area contributed by atoms with E-state index in [2.05, 4.69) is 164 Å². The average molecular weight is 1580 g/mol. The normalized spacial score (nSPS) is 13.4. The van der Waals surface area contributed by atoms with Crippen LogP contribution in [0, 0.1) is 13.8 Å². The van der Waals surface area contributed by atoms with Crippen molar-refractivity contribution in [1.29, 1.82) is 0 Å². The van der Waals surface area contributed by atoms with E-state index in [-0.39, 0.29) is 10.8 Å². The van der Waals surface area contributed by atoms with Crippen molar-refractivity contribution >= 4 is 65.2 Å². The molecule has 0 amide bonds. The van der Waals surface area contributed by atoms with Gasteiger partial charge in [0, 0.05) is 36.6 Å². The molecule has 0 atom stereocenters. The van der Waals surface area contributed by atoms with Crippen LogP contribution in [0.4, 0.5) is 0 Å². The van der Waals surface area contributed by atoms with Crippen molar-refractivity contribution in [1.82, 2.24) is 9.97 Å². The van der Waals surface area contributed by atoms with Crippen molar-refractivity contribution in [2.24, 2.45) is 0 Å². The van der Waals surface area contributed by atoms with E-state index in [4.69, 9.17) is 9.97 Å². The van der Waals surface area contributed by atoms with E-state index < -0.39 is 0 Å². The molecule has 113 heavy (non-hydrogen) atoms. The van der Waals surface area contributed by atoms with Crippen molar-refractivity contribution in [2.75, 3.05) is 0 Å². The fourth-order valence-electron chi connectivity index (χ4n) is 20.7. The molecule has 0 bridgehead atoms. The Kier molecular flexibility index (Phi) is 37.9. The molecule has 0 saturated heterocycles. The molecule has 11 rings (SSSR count). The maximum Gasteiger partial charge on any atom is 0.109 e. The van der Waals surface area contributed by atoms with Gasteiger partial charge in [0.25, 0.3) is 0 Å². The van der Waals surface area contributed by atoms with Gasteiger partial charge in [-0.15, -0.1) is 34.0 Å². The molecule has 0 N–H and O–H groups in total. The molecule has 0 spiro atoms. The molecule has 0 unspecified atom stereocenters. The molecule has 616 valence electrons. The smallest absolute Gasteiger partial charge is 0.109 e. The molecule has 2 nitrogen and oxygen atoms in total. The summed E-state index contributed by atoms with van der Waals surface area (Å²) in [4.78, 5) is 17.8. The second-order valence-electron chi connectivity index (χ2n) is 36.1. The fraction of sp³-hybridized carbons (Fsp3) is 0.630. The van der Waals surface area contributed by atoms with Crippen LogP contribution in [0.15, 0.2) is 97.1 Å². The van der Waals surface area contributed by atoms with E-state index in [1.54, 1.807) is 27.6 Å². The maximum atomic E-state index is 6.28. The Morgan fingerprint density at radius 2 is 0.584 bits per heavy atom. The lowest BCUT2D eigenvalue weighted by molar-refractivity contribution is 0.397. The molecule has 5 heteroatoms. The minimum Gasteiger partial charge on any atom is -0.243 e. The number of aryl methyl sites for hydroxylation is 4. The Bertz CT molecular complexity index is 4190. The zero-order chi connectivity index (χ0) is 78.7. The molecule has 0 aliphatic heterocycles. The van der Waals surface area contributed by atoms with Crippen LogP contribution in [0.5, 0.6) is 0 Å². The summed E-state index contributed by atoms with van der Waals surface area (Å²) in [6.07, 6.45) is 78.5. The highest BCUT2D eigenvalue weighted by Crippen LogP contribution is 2.58. The van der Waals surface area contributed by atoms with Gasteiger partial charge < -0.3 is 0 Å². The molecule has 0 radical (unpaired) electrons. The van der Waals surface area contributed by atoms with E-state index in [9.17, 15) is 0 Å². The van der Waals surface area contributed by atoms with Crippen LogP contribution in [0.3, 0.4) is 0 Å². The molecule has 0 saturated carbocycles. The molecular weight excluding hydrogens is 1420 g/mol. The van der Waals surface area contributed by atoms with Crippen molar-refractivity contribution in [3.63, 3.8) is 0 Å². The van der Waals surface area contributed by atoms with Crippen molar-refractivity contribution in [3.05, 3.63) is 140 Å². The van der Waals surface area contributed by atoms with Crippen LogP contribution in [0.25, 0.3) is 85.7 Å². The molecule has 2 aliphatic carbocycles. The quantitative estimate of drug-likeness (QED) is 0.0355. The Labute approximate surface area is 703 Å². The summed E-state index contributed by atoms with van der Waals surface area (Å²) in [6, 6.07) is 39.8. The van der Waals surface area contributed by atoms with Crippen LogP contribution in [-0.4, -0.2) is 9.97 Å². The Balaban J connectivity index is 0.929. The summed E-state index contributed by atoms with van der Waals surface area (Å²) in [6.45, 7) is 18.9. The minimum absolute atomic E-state index is 0.0449. The van der Waals surface area contributed by atoms with Crippen LogP contribution in [-0.2, 0) is 23.7 Å².